The van der Waals surface area contributed by atoms with Crippen molar-refractivity contribution < 1.29 is 0 Å². The van der Waals surface area contributed by atoms with E-state index in [1.807, 2.05) is 19.1 Å². The molecule has 0 amide bonds. The normalized spacial score (nSPS) is 9.42. The van der Waals surface area contributed by atoms with Crippen molar-refractivity contribution in [1.29, 1.82) is 10.5 Å². The molecule has 0 atom stereocenters. The van der Waals surface area contributed by atoms with Crippen LogP contribution in [0, 0.1) is 22.7 Å². The maximum atomic E-state index is 9.02. The van der Waals surface area contributed by atoms with Crippen LogP contribution in [0.5, 0.6) is 0 Å². The number of aromatic nitrogens is 1. The summed E-state index contributed by atoms with van der Waals surface area (Å²) in [4.78, 5) is 4.44. The van der Waals surface area contributed by atoms with Gasteiger partial charge in [0.05, 0.1) is 22.9 Å². The topological polar surface area (TPSA) is 72.5 Å². The average molecular weight is 248 g/mol. The highest BCUT2D eigenvalue weighted by atomic mass is 15.0. The molecule has 92 valence electrons. The highest BCUT2D eigenvalue weighted by Crippen LogP contribution is 2.22. The molecule has 0 saturated carbocycles. The maximum Gasteiger partial charge on any atom is 0.144 e. The summed E-state index contributed by atoms with van der Waals surface area (Å²) in [5.74, 6) is 0.574. The summed E-state index contributed by atoms with van der Waals surface area (Å²) in [5, 5.41) is 21.0. The van der Waals surface area contributed by atoms with Gasteiger partial charge in [-0.05, 0) is 31.2 Å². The summed E-state index contributed by atoms with van der Waals surface area (Å²) >= 11 is 0. The standard InChI is InChI=1S/C15H12N4/c1-2-18-15-13(10-17)6-7-14(19-15)12-5-3-4-11(8-12)9-16/h3-8H,2H2,1H3,(H,18,19). The van der Waals surface area contributed by atoms with E-state index in [4.69, 9.17) is 10.5 Å². The lowest BCUT2D eigenvalue weighted by atomic mass is 10.1. The Labute approximate surface area is 112 Å². The van der Waals surface area contributed by atoms with Crippen molar-refractivity contribution in [3.8, 4) is 23.4 Å². The predicted molar refractivity (Wildman–Crippen MR) is 73.3 cm³/mol. The minimum absolute atomic E-state index is 0.516. The first-order chi connectivity index (χ1) is 9.28. The largest absolute Gasteiger partial charge is 0.369 e. The van der Waals surface area contributed by atoms with E-state index in [-0.39, 0.29) is 0 Å². The Kier molecular flexibility index (Phi) is 3.75. The molecule has 2 rings (SSSR count). The zero-order valence-corrected chi connectivity index (χ0v) is 10.5. The molecule has 0 unspecified atom stereocenters. The minimum Gasteiger partial charge on any atom is -0.369 e. The van der Waals surface area contributed by atoms with Crippen LogP contribution in [0.25, 0.3) is 11.3 Å². The van der Waals surface area contributed by atoms with Gasteiger partial charge in [-0.25, -0.2) is 4.98 Å². The van der Waals surface area contributed by atoms with Gasteiger partial charge in [-0.3, -0.25) is 0 Å². The Bertz CT molecular complexity index is 677. The lowest BCUT2D eigenvalue weighted by Crippen LogP contribution is -2.02. The molecule has 0 bridgehead atoms. The molecule has 0 spiro atoms. The molecule has 0 saturated heterocycles. The molecule has 1 aromatic carbocycles. The van der Waals surface area contributed by atoms with Crippen molar-refractivity contribution in [3.63, 3.8) is 0 Å². The van der Waals surface area contributed by atoms with Gasteiger partial charge in [0.25, 0.3) is 0 Å². The van der Waals surface area contributed by atoms with Gasteiger partial charge in [-0.15, -0.1) is 0 Å². The number of hydrogen-bond acceptors (Lipinski definition) is 4. The Hall–Kier alpha value is -2.85. The molecule has 4 heteroatoms. The summed E-state index contributed by atoms with van der Waals surface area (Å²) in [6.45, 7) is 2.65. The van der Waals surface area contributed by atoms with Crippen molar-refractivity contribution in [2.75, 3.05) is 11.9 Å². The fourth-order valence-corrected chi connectivity index (χ4v) is 1.76. The first-order valence-corrected chi connectivity index (χ1v) is 5.94. The molecule has 4 nitrogen and oxygen atoms in total. The quantitative estimate of drug-likeness (QED) is 0.906. The fraction of sp³-hybridized carbons (Fsp3) is 0.133. The number of nitrogens with one attached hydrogen (secondary N) is 1. The lowest BCUT2D eigenvalue weighted by Gasteiger charge is -2.07. The fourth-order valence-electron chi connectivity index (χ4n) is 1.76. The van der Waals surface area contributed by atoms with Crippen LogP contribution in [0.2, 0.25) is 0 Å². The third-order valence-electron chi connectivity index (χ3n) is 2.65. The van der Waals surface area contributed by atoms with Gasteiger partial charge in [0.1, 0.15) is 11.9 Å². The van der Waals surface area contributed by atoms with Gasteiger partial charge in [-0.1, -0.05) is 12.1 Å². The summed E-state index contributed by atoms with van der Waals surface area (Å²) < 4.78 is 0. The highest BCUT2D eigenvalue weighted by Gasteiger charge is 2.06. The van der Waals surface area contributed by atoms with Crippen LogP contribution in [0.1, 0.15) is 18.1 Å². The smallest absolute Gasteiger partial charge is 0.144 e. The average Bonchev–Trinajstić information content (AvgIpc) is 2.47. The van der Waals surface area contributed by atoms with Crippen molar-refractivity contribution in [2.45, 2.75) is 6.92 Å². The van der Waals surface area contributed by atoms with E-state index >= 15 is 0 Å². The van der Waals surface area contributed by atoms with Crippen LogP contribution in [-0.2, 0) is 0 Å². The van der Waals surface area contributed by atoms with Crippen molar-refractivity contribution in [3.05, 3.63) is 47.5 Å². The Morgan fingerprint density at radius 1 is 1.16 bits per heavy atom. The van der Waals surface area contributed by atoms with Crippen LogP contribution < -0.4 is 5.32 Å². The molecule has 2 aromatic rings. The molecule has 0 aliphatic heterocycles. The Morgan fingerprint density at radius 3 is 2.68 bits per heavy atom. The maximum absolute atomic E-state index is 9.02. The van der Waals surface area contributed by atoms with Crippen molar-refractivity contribution in [2.24, 2.45) is 0 Å². The van der Waals surface area contributed by atoms with Gasteiger partial charge in [-0.2, -0.15) is 10.5 Å². The van der Waals surface area contributed by atoms with Crippen molar-refractivity contribution in [1.82, 2.24) is 4.98 Å². The number of anilines is 1. The van der Waals surface area contributed by atoms with E-state index in [9.17, 15) is 0 Å². The lowest BCUT2D eigenvalue weighted by molar-refractivity contribution is 1.15. The second-order valence-corrected chi connectivity index (χ2v) is 3.93. The second-order valence-electron chi connectivity index (χ2n) is 3.93. The van der Waals surface area contributed by atoms with Crippen molar-refractivity contribution >= 4 is 5.82 Å². The summed E-state index contributed by atoms with van der Waals surface area (Å²) in [7, 11) is 0. The van der Waals surface area contributed by atoms with E-state index in [0.717, 1.165) is 11.3 Å². The molecule has 1 heterocycles. The van der Waals surface area contributed by atoms with E-state index in [2.05, 4.69) is 22.4 Å². The summed E-state index contributed by atoms with van der Waals surface area (Å²) in [6, 6.07) is 15.0. The van der Waals surface area contributed by atoms with Crippen LogP contribution in [-0.4, -0.2) is 11.5 Å². The molecular weight excluding hydrogens is 236 g/mol. The monoisotopic (exact) mass is 248 g/mol. The van der Waals surface area contributed by atoms with Crippen LogP contribution in [0.15, 0.2) is 36.4 Å². The van der Waals surface area contributed by atoms with Gasteiger partial charge >= 0.3 is 0 Å². The molecule has 1 aromatic heterocycles. The first-order valence-electron chi connectivity index (χ1n) is 5.94. The Morgan fingerprint density at radius 2 is 2.00 bits per heavy atom. The van der Waals surface area contributed by atoms with Gasteiger partial charge in [0, 0.05) is 12.1 Å². The summed E-state index contributed by atoms with van der Waals surface area (Å²) in [6.07, 6.45) is 0. The molecule has 0 fully saturated rings. The molecule has 1 N–H and O–H groups in total. The SMILES string of the molecule is CCNc1nc(-c2cccc(C#N)c2)ccc1C#N. The second kappa shape index (κ2) is 5.66. The van der Waals surface area contributed by atoms with E-state index in [0.29, 0.717) is 23.5 Å². The molecular formula is C15H12N4. The number of benzene rings is 1. The van der Waals surface area contributed by atoms with Gasteiger partial charge in [0.15, 0.2) is 0 Å². The third kappa shape index (κ3) is 2.70. The molecule has 0 aliphatic rings. The molecule has 0 radical (unpaired) electrons. The minimum atomic E-state index is 0.516. The molecule has 19 heavy (non-hydrogen) atoms. The van der Waals surface area contributed by atoms with E-state index in [1.165, 1.54) is 0 Å². The van der Waals surface area contributed by atoms with E-state index in [1.54, 1.807) is 24.3 Å². The van der Waals surface area contributed by atoms with Crippen LogP contribution in [0.3, 0.4) is 0 Å². The van der Waals surface area contributed by atoms with Gasteiger partial charge < -0.3 is 5.32 Å². The predicted octanol–water partition coefficient (Wildman–Crippen LogP) is 2.92. The number of nitriles is 2. The number of rotatable bonds is 3. The Balaban J connectivity index is 2.48. The first kappa shape index (κ1) is 12.6. The van der Waals surface area contributed by atoms with Crippen LogP contribution >= 0.6 is 0 Å². The highest BCUT2D eigenvalue weighted by molar-refractivity contribution is 5.66. The number of nitrogens with zero attached hydrogens (tertiary/aromatic N) is 3. The molecule has 0 aliphatic carbocycles. The number of pyridine rings is 1. The van der Waals surface area contributed by atoms with Gasteiger partial charge in [0.2, 0.25) is 0 Å². The van der Waals surface area contributed by atoms with Crippen LogP contribution in [0.4, 0.5) is 5.82 Å². The summed E-state index contributed by atoms with van der Waals surface area (Å²) in [5.41, 5.74) is 2.71. The van der Waals surface area contributed by atoms with E-state index < -0.39 is 0 Å². The number of hydrogen-bond donors (Lipinski definition) is 1. The zero-order valence-electron chi connectivity index (χ0n) is 10.5. The third-order valence-corrected chi connectivity index (χ3v) is 2.65. The zero-order chi connectivity index (χ0) is 13.7.